The van der Waals surface area contributed by atoms with E-state index in [9.17, 15) is 0 Å². The Morgan fingerprint density at radius 3 is 1.75 bits per heavy atom. The fourth-order valence-corrected chi connectivity index (χ4v) is 0.992. The summed E-state index contributed by atoms with van der Waals surface area (Å²) in [6.45, 7) is 1.33. The number of benzene rings is 1. The standard InChI is InChI=1S/C8H8O2.CH3.Y/c1-2-4-8-7(3-1)9-5-6-10-8;;/h1-4H,5-6H2;1H3;/q;-1;. The van der Waals surface area contributed by atoms with Crippen LogP contribution in [0.1, 0.15) is 0 Å². The maximum absolute atomic E-state index is 5.30. The summed E-state index contributed by atoms with van der Waals surface area (Å²) in [5.41, 5.74) is 0. The van der Waals surface area contributed by atoms with Crippen LogP contribution < -0.4 is 9.47 Å². The van der Waals surface area contributed by atoms with Crippen LogP contribution in [0.25, 0.3) is 0 Å². The van der Waals surface area contributed by atoms with Crippen LogP contribution in [0.15, 0.2) is 24.3 Å². The van der Waals surface area contributed by atoms with Crippen LogP contribution >= 0.6 is 0 Å². The van der Waals surface area contributed by atoms with Crippen LogP contribution in [0, 0.1) is 7.43 Å². The van der Waals surface area contributed by atoms with E-state index in [1.54, 1.807) is 0 Å². The van der Waals surface area contributed by atoms with Crippen molar-refractivity contribution in [3.8, 4) is 11.5 Å². The van der Waals surface area contributed by atoms with Crippen LogP contribution in [-0.4, -0.2) is 13.2 Å². The van der Waals surface area contributed by atoms with Gasteiger partial charge in [0.15, 0.2) is 11.5 Å². The van der Waals surface area contributed by atoms with Crippen LogP contribution in [0.3, 0.4) is 0 Å². The van der Waals surface area contributed by atoms with Gasteiger partial charge >= 0.3 is 0 Å². The first kappa shape index (κ1) is 11.9. The van der Waals surface area contributed by atoms with Gasteiger partial charge in [-0.25, -0.2) is 0 Å². The largest absolute Gasteiger partial charge is 0.486 e. The van der Waals surface area contributed by atoms with Crippen LogP contribution in [-0.2, 0) is 32.7 Å². The topological polar surface area (TPSA) is 18.5 Å². The maximum atomic E-state index is 5.30. The smallest absolute Gasteiger partial charge is 0.161 e. The summed E-state index contributed by atoms with van der Waals surface area (Å²) in [7, 11) is 0. The maximum Gasteiger partial charge on any atom is 0.161 e. The van der Waals surface area contributed by atoms with E-state index in [2.05, 4.69) is 0 Å². The zero-order valence-electron chi connectivity index (χ0n) is 7.12. The van der Waals surface area contributed by atoms with Gasteiger partial charge in [-0.3, -0.25) is 0 Å². The summed E-state index contributed by atoms with van der Waals surface area (Å²) in [5.74, 6) is 1.71. The van der Waals surface area contributed by atoms with Gasteiger partial charge < -0.3 is 16.9 Å². The van der Waals surface area contributed by atoms with E-state index < -0.39 is 0 Å². The molecule has 2 nitrogen and oxygen atoms in total. The Labute approximate surface area is 98.1 Å². The molecular formula is C9H11O2Y-. The molecule has 1 aliphatic rings. The van der Waals surface area contributed by atoms with Gasteiger partial charge in [0, 0.05) is 32.7 Å². The molecule has 0 N–H and O–H groups in total. The summed E-state index contributed by atoms with van der Waals surface area (Å²) in [5, 5.41) is 0. The molecule has 0 spiro atoms. The Kier molecular flexibility index (Phi) is 5.51. The molecule has 0 saturated heterocycles. The third-order valence-electron chi connectivity index (χ3n) is 1.45. The summed E-state index contributed by atoms with van der Waals surface area (Å²) in [6, 6.07) is 7.70. The van der Waals surface area contributed by atoms with E-state index in [0.717, 1.165) is 11.5 Å². The van der Waals surface area contributed by atoms with Gasteiger partial charge in [-0.15, -0.1) is 0 Å². The van der Waals surface area contributed by atoms with Crippen LogP contribution in [0.4, 0.5) is 0 Å². The third-order valence-corrected chi connectivity index (χ3v) is 1.45. The minimum absolute atomic E-state index is 0. The van der Waals surface area contributed by atoms with Gasteiger partial charge in [0.05, 0.1) is 0 Å². The Bertz CT molecular complexity index is 213. The van der Waals surface area contributed by atoms with Crippen molar-refractivity contribution in [3.05, 3.63) is 31.7 Å². The second-order valence-corrected chi connectivity index (χ2v) is 2.14. The summed E-state index contributed by atoms with van der Waals surface area (Å²) in [6.07, 6.45) is 0. The van der Waals surface area contributed by atoms with Gasteiger partial charge in [0.2, 0.25) is 0 Å². The predicted molar refractivity (Wildman–Crippen MR) is 43.8 cm³/mol. The van der Waals surface area contributed by atoms with E-state index in [1.807, 2.05) is 24.3 Å². The fourth-order valence-electron chi connectivity index (χ4n) is 0.992. The number of ether oxygens (including phenoxy) is 2. The molecule has 12 heavy (non-hydrogen) atoms. The molecule has 1 radical (unpaired) electrons. The zero-order chi connectivity index (χ0) is 6.81. The number of hydrogen-bond acceptors (Lipinski definition) is 2. The van der Waals surface area contributed by atoms with Crippen LogP contribution in [0.2, 0.25) is 0 Å². The second kappa shape index (κ2) is 5.55. The average Bonchev–Trinajstić information content (AvgIpc) is 2.05. The van der Waals surface area contributed by atoms with Gasteiger partial charge in [-0.1, -0.05) is 12.1 Å². The molecule has 2 rings (SSSR count). The van der Waals surface area contributed by atoms with Crippen molar-refractivity contribution in [3.63, 3.8) is 0 Å². The zero-order valence-corrected chi connectivity index (χ0v) is 9.96. The first-order valence-electron chi connectivity index (χ1n) is 3.31. The van der Waals surface area contributed by atoms with E-state index >= 15 is 0 Å². The Hall–Kier alpha value is -0.0761. The minimum Gasteiger partial charge on any atom is -0.486 e. The van der Waals surface area contributed by atoms with Gasteiger partial charge in [-0.05, 0) is 12.1 Å². The molecule has 1 aromatic carbocycles. The van der Waals surface area contributed by atoms with Gasteiger partial charge in [0.1, 0.15) is 13.2 Å². The predicted octanol–water partition coefficient (Wildman–Crippen LogP) is 1.91. The molecule has 63 valence electrons. The second-order valence-electron chi connectivity index (χ2n) is 2.14. The average molecular weight is 240 g/mol. The Balaban J connectivity index is 0.000000605. The van der Waals surface area contributed by atoms with E-state index in [0.29, 0.717) is 13.2 Å². The Morgan fingerprint density at radius 1 is 0.917 bits per heavy atom. The van der Waals surface area contributed by atoms with Crippen LogP contribution in [0.5, 0.6) is 11.5 Å². The molecule has 0 fully saturated rings. The Morgan fingerprint density at radius 2 is 1.33 bits per heavy atom. The molecule has 0 bridgehead atoms. The minimum atomic E-state index is 0. The molecule has 0 saturated carbocycles. The third kappa shape index (κ3) is 2.46. The van der Waals surface area contributed by atoms with Crippen molar-refractivity contribution in [1.29, 1.82) is 0 Å². The molecule has 0 amide bonds. The van der Waals surface area contributed by atoms with Gasteiger partial charge in [-0.2, -0.15) is 0 Å². The molecule has 0 unspecified atom stereocenters. The summed E-state index contributed by atoms with van der Waals surface area (Å²) < 4.78 is 10.6. The summed E-state index contributed by atoms with van der Waals surface area (Å²) in [4.78, 5) is 0. The molecule has 0 aromatic heterocycles. The quantitative estimate of drug-likeness (QED) is 0.645. The van der Waals surface area contributed by atoms with E-state index in [4.69, 9.17) is 9.47 Å². The van der Waals surface area contributed by atoms with Crippen molar-refractivity contribution < 1.29 is 42.2 Å². The number of rotatable bonds is 0. The van der Waals surface area contributed by atoms with Crippen molar-refractivity contribution in [2.45, 2.75) is 0 Å². The number of fused-ring (bicyclic) bond motifs is 1. The van der Waals surface area contributed by atoms with Crippen molar-refractivity contribution in [2.24, 2.45) is 0 Å². The normalized spacial score (nSPS) is 12.3. The van der Waals surface area contributed by atoms with E-state index in [1.165, 1.54) is 0 Å². The van der Waals surface area contributed by atoms with Gasteiger partial charge in [0.25, 0.3) is 0 Å². The SMILES string of the molecule is [CH3-].[Y].c1ccc2c(c1)OCCO2. The molecule has 1 aliphatic heterocycles. The van der Waals surface area contributed by atoms with E-state index in [-0.39, 0.29) is 40.1 Å². The first-order valence-corrected chi connectivity index (χ1v) is 3.31. The molecular weight excluding hydrogens is 229 g/mol. The molecule has 0 aliphatic carbocycles. The molecule has 0 atom stereocenters. The number of para-hydroxylation sites is 2. The monoisotopic (exact) mass is 240 g/mol. The molecule has 1 heterocycles. The summed E-state index contributed by atoms with van der Waals surface area (Å²) >= 11 is 0. The molecule has 3 heteroatoms. The molecule has 1 aromatic rings. The van der Waals surface area contributed by atoms with Crippen molar-refractivity contribution >= 4 is 0 Å². The number of hydrogen-bond donors (Lipinski definition) is 0. The fraction of sp³-hybridized carbons (Fsp3) is 0.222. The van der Waals surface area contributed by atoms with Crippen molar-refractivity contribution in [1.82, 2.24) is 0 Å². The first-order chi connectivity index (χ1) is 4.97. The van der Waals surface area contributed by atoms with Crippen molar-refractivity contribution in [2.75, 3.05) is 13.2 Å².